The van der Waals surface area contributed by atoms with Crippen LogP contribution in [0.1, 0.15) is 16.1 Å². The third-order valence-corrected chi connectivity index (χ3v) is 2.45. The molecule has 0 spiro atoms. The maximum atomic E-state index is 12.7. The number of benzene rings is 1. The Morgan fingerprint density at radius 1 is 1.20 bits per heavy atom. The van der Waals surface area contributed by atoms with Gasteiger partial charge in [-0.3, -0.25) is 9.59 Å². The molecule has 0 atom stereocenters. The van der Waals surface area contributed by atoms with Crippen LogP contribution in [0.3, 0.4) is 0 Å². The van der Waals surface area contributed by atoms with Gasteiger partial charge in [0.25, 0.3) is 5.91 Å². The Labute approximate surface area is 114 Å². The van der Waals surface area contributed by atoms with Crippen molar-refractivity contribution in [2.75, 3.05) is 6.54 Å². The second-order valence-electron chi connectivity index (χ2n) is 3.95. The van der Waals surface area contributed by atoms with Crippen LogP contribution in [0.25, 0.3) is 0 Å². The number of furan rings is 1. The van der Waals surface area contributed by atoms with E-state index < -0.39 is 11.9 Å². The average Bonchev–Trinajstić information content (AvgIpc) is 2.98. The molecule has 5 nitrogen and oxygen atoms in total. The summed E-state index contributed by atoms with van der Waals surface area (Å²) in [6.45, 7) is -0.240. The van der Waals surface area contributed by atoms with Crippen molar-refractivity contribution >= 4 is 11.9 Å². The first kappa shape index (κ1) is 13.8. The molecule has 1 heterocycles. The number of carbonyl (C=O) groups is 2. The molecule has 0 saturated heterocycles. The van der Waals surface area contributed by atoms with Crippen molar-refractivity contribution in [3.8, 4) is 0 Å². The molecule has 0 radical (unpaired) electrons. The number of nitrogens with one attached hydrogen (secondary N) is 1. The second-order valence-corrected chi connectivity index (χ2v) is 3.95. The second kappa shape index (κ2) is 6.51. The van der Waals surface area contributed by atoms with E-state index in [1.54, 1.807) is 6.07 Å². The Morgan fingerprint density at radius 2 is 1.95 bits per heavy atom. The third-order valence-electron chi connectivity index (χ3n) is 2.45. The van der Waals surface area contributed by atoms with E-state index >= 15 is 0 Å². The van der Waals surface area contributed by atoms with Crippen molar-refractivity contribution in [3.05, 3.63) is 59.8 Å². The van der Waals surface area contributed by atoms with Crippen molar-refractivity contribution in [2.45, 2.75) is 6.61 Å². The molecule has 0 bridgehead atoms. The normalized spacial score (nSPS) is 10.1. The van der Waals surface area contributed by atoms with Crippen LogP contribution >= 0.6 is 0 Å². The van der Waals surface area contributed by atoms with Crippen molar-refractivity contribution in [1.29, 1.82) is 0 Å². The zero-order valence-corrected chi connectivity index (χ0v) is 10.5. The molecule has 0 saturated carbocycles. The number of amides is 1. The number of ether oxygens (including phenoxy) is 1. The van der Waals surface area contributed by atoms with Gasteiger partial charge in [0, 0.05) is 0 Å². The van der Waals surface area contributed by atoms with E-state index in [1.165, 1.54) is 36.6 Å². The number of hydrogen-bond acceptors (Lipinski definition) is 4. The Balaban J connectivity index is 1.73. The molecule has 1 aromatic heterocycles. The summed E-state index contributed by atoms with van der Waals surface area (Å²) in [4.78, 5) is 22.9. The van der Waals surface area contributed by atoms with Crippen LogP contribution in [0.4, 0.5) is 4.39 Å². The fraction of sp³-hybridized carbons (Fsp3) is 0.143. The molecule has 2 rings (SSSR count). The van der Waals surface area contributed by atoms with Crippen LogP contribution < -0.4 is 5.32 Å². The Kier molecular flexibility index (Phi) is 4.49. The zero-order chi connectivity index (χ0) is 14.4. The highest BCUT2D eigenvalue weighted by Crippen LogP contribution is 2.04. The van der Waals surface area contributed by atoms with E-state index in [9.17, 15) is 14.0 Å². The molecule has 0 aliphatic heterocycles. The largest absolute Gasteiger partial charge is 0.460 e. The lowest BCUT2D eigenvalue weighted by Gasteiger charge is -2.05. The van der Waals surface area contributed by atoms with Crippen LogP contribution in [0, 0.1) is 5.82 Å². The molecule has 0 fully saturated rings. The topological polar surface area (TPSA) is 68.5 Å². The van der Waals surface area contributed by atoms with Gasteiger partial charge in [-0.2, -0.15) is 0 Å². The van der Waals surface area contributed by atoms with Gasteiger partial charge in [-0.1, -0.05) is 12.1 Å². The lowest BCUT2D eigenvalue weighted by Crippen LogP contribution is -2.30. The molecule has 1 amide bonds. The Morgan fingerprint density at radius 3 is 2.60 bits per heavy atom. The van der Waals surface area contributed by atoms with Gasteiger partial charge >= 0.3 is 5.97 Å². The standard InChI is InChI=1S/C14H12FNO4/c15-11-5-3-10(4-6-11)9-20-13(17)8-16-14(18)12-2-1-7-19-12/h1-7H,8-9H2,(H,16,18). The van der Waals surface area contributed by atoms with E-state index in [0.29, 0.717) is 5.56 Å². The first-order valence-corrected chi connectivity index (χ1v) is 5.87. The summed E-state index contributed by atoms with van der Waals surface area (Å²) in [5.74, 6) is -1.31. The number of esters is 1. The fourth-order valence-corrected chi connectivity index (χ4v) is 1.44. The summed E-state index contributed by atoms with van der Waals surface area (Å²) in [7, 11) is 0. The minimum atomic E-state index is -0.589. The van der Waals surface area contributed by atoms with E-state index in [2.05, 4.69) is 5.32 Å². The Bertz CT molecular complexity index is 578. The van der Waals surface area contributed by atoms with E-state index in [1.807, 2.05) is 0 Å². The molecular weight excluding hydrogens is 265 g/mol. The van der Waals surface area contributed by atoms with Gasteiger partial charge in [0.15, 0.2) is 5.76 Å². The van der Waals surface area contributed by atoms with Gasteiger partial charge in [0.2, 0.25) is 0 Å². The third kappa shape index (κ3) is 3.94. The van der Waals surface area contributed by atoms with Crippen molar-refractivity contribution in [1.82, 2.24) is 5.32 Å². The van der Waals surface area contributed by atoms with Crippen molar-refractivity contribution in [2.24, 2.45) is 0 Å². The number of rotatable bonds is 5. The maximum absolute atomic E-state index is 12.7. The minimum Gasteiger partial charge on any atom is -0.460 e. The molecule has 1 N–H and O–H groups in total. The average molecular weight is 277 g/mol. The first-order chi connectivity index (χ1) is 9.65. The maximum Gasteiger partial charge on any atom is 0.325 e. The molecule has 0 aliphatic rings. The van der Waals surface area contributed by atoms with Crippen LogP contribution in [0.15, 0.2) is 47.1 Å². The highest BCUT2D eigenvalue weighted by Gasteiger charge is 2.10. The van der Waals surface area contributed by atoms with Crippen molar-refractivity contribution in [3.63, 3.8) is 0 Å². The predicted octanol–water partition coefficient (Wildman–Crippen LogP) is 1.89. The van der Waals surface area contributed by atoms with Crippen LogP contribution in [-0.4, -0.2) is 18.4 Å². The molecule has 0 unspecified atom stereocenters. The Hall–Kier alpha value is -2.63. The highest BCUT2D eigenvalue weighted by molar-refractivity contribution is 5.93. The lowest BCUT2D eigenvalue weighted by molar-refractivity contribution is -0.143. The molecule has 0 aliphatic carbocycles. The van der Waals surface area contributed by atoms with Gasteiger partial charge in [-0.15, -0.1) is 0 Å². The smallest absolute Gasteiger partial charge is 0.325 e. The quantitative estimate of drug-likeness (QED) is 0.847. The monoisotopic (exact) mass is 277 g/mol. The first-order valence-electron chi connectivity index (χ1n) is 5.87. The number of halogens is 1. The van der Waals surface area contributed by atoms with Crippen molar-refractivity contribution < 1.29 is 23.1 Å². The summed E-state index contributed by atoms with van der Waals surface area (Å²) in [6.07, 6.45) is 1.36. The summed E-state index contributed by atoms with van der Waals surface area (Å²) in [6, 6.07) is 8.65. The molecule has 2 aromatic rings. The molecule has 6 heteroatoms. The number of carbonyl (C=O) groups excluding carboxylic acids is 2. The highest BCUT2D eigenvalue weighted by atomic mass is 19.1. The van der Waals surface area contributed by atoms with Gasteiger partial charge in [-0.25, -0.2) is 4.39 Å². The molecular formula is C14H12FNO4. The summed E-state index contributed by atoms with van der Waals surface area (Å²) >= 11 is 0. The summed E-state index contributed by atoms with van der Waals surface area (Å²) in [5, 5.41) is 2.36. The lowest BCUT2D eigenvalue weighted by atomic mass is 10.2. The molecule has 104 valence electrons. The van der Waals surface area contributed by atoms with Crippen LogP contribution in [-0.2, 0) is 16.1 Å². The number of hydrogen-bond donors (Lipinski definition) is 1. The SMILES string of the molecule is O=C(CNC(=O)c1ccco1)OCc1ccc(F)cc1. The van der Waals surface area contributed by atoms with Gasteiger partial charge in [0.05, 0.1) is 6.26 Å². The summed E-state index contributed by atoms with van der Waals surface area (Å²) < 4.78 is 22.5. The summed E-state index contributed by atoms with van der Waals surface area (Å²) in [5.41, 5.74) is 0.664. The van der Waals surface area contributed by atoms with Gasteiger partial charge in [0.1, 0.15) is 19.0 Å². The minimum absolute atomic E-state index is 0.0235. The zero-order valence-electron chi connectivity index (χ0n) is 10.5. The van der Waals surface area contributed by atoms with Gasteiger partial charge < -0.3 is 14.5 Å². The van der Waals surface area contributed by atoms with Crippen LogP contribution in [0.5, 0.6) is 0 Å². The molecule has 1 aromatic carbocycles. The van der Waals surface area contributed by atoms with E-state index in [0.717, 1.165) is 0 Å². The van der Waals surface area contributed by atoms with Crippen LogP contribution in [0.2, 0.25) is 0 Å². The molecule has 20 heavy (non-hydrogen) atoms. The predicted molar refractivity (Wildman–Crippen MR) is 67.2 cm³/mol. The van der Waals surface area contributed by atoms with Gasteiger partial charge in [-0.05, 0) is 29.8 Å². The van der Waals surface area contributed by atoms with E-state index in [4.69, 9.17) is 9.15 Å². The fourth-order valence-electron chi connectivity index (χ4n) is 1.44. The van der Waals surface area contributed by atoms with E-state index in [-0.39, 0.29) is 24.7 Å².